The molecule has 0 bridgehead atoms. The van der Waals surface area contributed by atoms with Gasteiger partial charge in [-0.25, -0.2) is 9.97 Å². The number of aromatic nitrogens is 2. The van der Waals surface area contributed by atoms with Gasteiger partial charge >= 0.3 is 0 Å². The molecule has 1 aliphatic carbocycles. The van der Waals surface area contributed by atoms with Crippen LogP contribution in [0.15, 0.2) is 11.4 Å². The molecule has 1 saturated carbocycles. The summed E-state index contributed by atoms with van der Waals surface area (Å²) in [6.45, 7) is 4.55. The molecular weight excluding hydrogens is 266 g/mol. The highest BCUT2D eigenvalue weighted by Crippen LogP contribution is 2.39. The normalized spacial score (nSPS) is 26.1. The molecule has 0 radical (unpaired) electrons. The summed E-state index contributed by atoms with van der Waals surface area (Å²) < 4.78 is 0. The molecule has 0 spiro atoms. The average Bonchev–Trinajstić information content (AvgIpc) is 3.12. The van der Waals surface area contributed by atoms with Crippen molar-refractivity contribution in [3.63, 3.8) is 0 Å². The van der Waals surface area contributed by atoms with Crippen LogP contribution in [0, 0.1) is 11.8 Å². The van der Waals surface area contributed by atoms with Gasteiger partial charge in [0.2, 0.25) is 0 Å². The molecule has 4 heteroatoms. The Morgan fingerprint density at radius 1 is 1.20 bits per heavy atom. The molecule has 3 nitrogen and oxygen atoms in total. The molecule has 106 valence electrons. The third-order valence-electron chi connectivity index (χ3n) is 4.94. The van der Waals surface area contributed by atoms with Crippen molar-refractivity contribution in [2.24, 2.45) is 11.8 Å². The van der Waals surface area contributed by atoms with Gasteiger partial charge in [-0.05, 0) is 36.1 Å². The van der Waals surface area contributed by atoms with E-state index in [4.69, 9.17) is 4.98 Å². The van der Waals surface area contributed by atoms with Crippen molar-refractivity contribution in [1.82, 2.24) is 9.97 Å². The van der Waals surface area contributed by atoms with E-state index in [9.17, 15) is 0 Å². The van der Waals surface area contributed by atoms with Crippen molar-refractivity contribution in [1.29, 1.82) is 0 Å². The smallest absolute Gasteiger partial charge is 0.141 e. The van der Waals surface area contributed by atoms with Crippen LogP contribution in [-0.4, -0.2) is 23.1 Å². The van der Waals surface area contributed by atoms with E-state index in [1.54, 1.807) is 11.3 Å². The predicted molar refractivity (Wildman–Crippen MR) is 84.5 cm³/mol. The molecule has 1 aliphatic heterocycles. The minimum atomic E-state index is 0.900. The summed E-state index contributed by atoms with van der Waals surface area (Å²) in [4.78, 5) is 13.2. The quantitative estimate of drug-likeness (QED) is 0.839. The second-order valence-electron chi connectivity index (χ2n) is 6.17. The van der Waals surface area contributed by atoms with E-state index in [1.807, 2.05) is 0 Å². The molecule has 0 N–H and O–H groups in total. The highest BCUT2D eigenvalue weighted by atomic mass is 32.1. The predicted octanol–water partition coefficient (Wildman–Crippen LogP) is 3.88. The molecule has 2 aliphatic rings. The van der Waals surface area contributed by atoms with E-state index in [2.05, 4.69) is 28.3 Å². The lowest BCUT2D eigenvalue weighted by molar-refractivity contribution is 0.299. The van der Waals surface area contributed by atoms with Gasteiger partial charge < -0.3 is 4.90 Å². The van der Waals surface area contributed by atoms with E-state index >= 15 is 0 Å². The fraction of sp³-hybridized carbons (Fsp3) is 0.625. The zero-order chi connectivity index (χ0) is 13.5. The van der Waals surface area contributed by atoms with Gasteiger partial charge in [0.05, 0.1) is 5.39 Å². The van der Waals surface area contributed by atoms with Crippen molar-refractivity contribution in [2.45, 2.75) is 39.0 Å². The lowest BCUT2D eigenvalue weighted by atomic mass is 9.82. The second kappa shape index (κ2) is 4.99. The minimum absolute atomic E-state index is 0.900. The Bertz CT molecular complexity index is 607. The second-order valence-corrected chi connectivity index (χ2v) is 7.06. The maximum Gasteiger partial charge on any atom is 0.141 e. The van der Waals surface area contributed by atoms with Crippen LogP contribution in [0.3, 0.4) is 0 Å². The number of hydrogen-bond donors (Lipinski definition) is 0. The molecule has 2 aromatic heterocycles. The number of anilines is 1. The first-order valence-electron chi connectivity index (χ1n) is 7.84. The van der Waals surface area contributed by atoms with Crippen molar-refractivity contribution in [2.75, 3.05) is 18.0 Å². The summed E-state index contributed by atoms with van der Waals surface area (Å²) in [6, 6.07) is 2.19. The molecule has 3 heterocycles. The zero-order valence-electron chi connectivity index (χ0n) is 12.0. The maximum atomic E-state index is 4.85. The van der Waals surface area contributed by atoms with Gasteiger partial charge in [-0.1, -0.05) is 19.8 Å². The number of thiophene rings is 1. The Balaban J connectivity index is 1.72. The van der Waals surface area contributed by atoms with E-state index in [1.165, 1.54) is 50.0 Å². The largest absolute Gasteiger partial charge is 0.355 e. The van der Waals surface area contributed by atoms with Crippen molar-refractivity contribution in [3.05, 3.63) is 17.3 Å². The summed E-state index contributed by atoms with van der Waals surface area (Å²) in [7, 11) is 0. The van der Waals surface area contributed by atoms with Gasteiger partial charge in [-0.2, -0.15) is 0 Å². The van der Waals surface area contributed by atoms with Crippen molar-refractivity contribution in [3.8, 4) is 0 Å². The number of aryl methyl sites for hydroxylation is 1. The Hall–Kier alpha value is -1.16. The summed E-state index contributed by atoms with van der Waals surface area (Å²) >= 11 is 1.74. The Morgan fingerprint density at radius 3 is 2.65 bits per heavy atom. The minimum Gasteiger partial charge on any atom is -0.355 e. The molecular formula is C16H21N3S. The highest BCUT2D eigenvalue weighted by molar-refractivity contribution is 7.16. The monoisotopic (exact) mass is 287 g/mol. The summed E-state index contributed by atoms with van der Waals surface area (Å²) in [5.74, 6) is 3.99. The van der Waals surface area contributed by atoms with Crippen LogP contribution < -0.4 is 4.90 Å². The number of hydrogen-bond acceptors (Lipinski definition) is 4. The average molecular weight is 287 g/mol. The van der Waals surface area contributed by atoms with Gasteiger partial charge in [0, 0.05) is 19.5 Å². The van der Waals surface area contributed by atoms with Crippen LogP contribution in [0.4, 0.5) is 5.82 Å². The molecule has 2 unspecified atom stereocenters. The van der Waals surface area contributed by atoms with Gasteiger partial charge in [0.15, 0.2) is 0 Å². The SMILES string of the molecule is CCc1nc(N2CC3CCCCC3C2)c2ccsc2n1. The number of fused-ring (bicyclic) bond motifs is 2. The molecule has 0 amide bonds. The first-order valence-corrected chi connectivity index (χ1v) is 8.72. The van der Waals surface area contributed by atoms with Crippen LogP contribution in [0.5, 0.6) is 0 Å². The number of rotatable bonds is 2. The summed E-state index contributed by atoms with van der Waals surface area (Å²) in [5.41, 5.74) is 0. The van der Waals surface area contributed by atoms with E-state index in [0.717, 1.165) is 28.9 Å². The van der Waals surface area contributed by atoms with Crippen molar-refractivity contribution < 1.29 is 0 Å². The van der Waals surface area contributed by atoms with Gasteiger partial charge in [0.25, 0.3) is 0 Å². The topological polar surface area (TPSA) is 29.0 Å². The van der Waals surface area contributed by atoms with Crippen molar-refractivity contribution >= 4 is 27.4 Å². The Morgan fingerprint density at radius 2 is 1.95 bits per heavy atom. The summed E-state index contributed by atoms with van der Waals surface area (Å²) in [5, 5.41) is 3.40. The van der Waals surface area contributed by atoms with Crippen LogP contribution in [0.2, 0.25) is 0 Å². The lowest BCUT2D eigenvalue weighted by Gasteiger charge is -2.22. The molecule has 2 fully saturated rings. The molecule has 2 atom stereocenters. The molecule has 4 rings (SSSR count). The summed E-state index contributed by atoms with van der Waals surface area (Å²) in [6.07, 6.45) is 6.60. The molecule has 20 heavy (non-hydrogen) atoms. The third kappa shape index (κ3) is 2.01. The van der Waals surface area contributed by atoms with Crippen LogP contribution in [0.25, 0.3) is 10.2 Å². The highest BCUT2D eigenvalue weighted by Gasteiger charge is 2.35. The lowest BCUT2D eigenvalue weighted by Crippen LogP contribution is -2.22. The van der Waals surface area contributed by atoms with Gasteiger partial charge in [0.1, 0.15) is 16.5 Å². The standard InChI is InChI=1S/C16H21N3S/c1-2-14-17-15(13-7-8-20-16(13)18-14)19-9-11-5-3-4-6-12(11)10-19/h7-8,11-12H,2-6,9-10H2,1H3. The molecule has 0 aromatic carbocycles. The molecule has 2 aromatic rings. The van der Waals surface area contributed by atoms with E-state index in [0.29, 0.717) is 0 Å². The molecule has 1 saturated heterocycles. The first kappa shape index (κ1) is 12.6. The number of nitrogens with zero attached hydrogens (tertiary/aromatic N) is 3. The van der Waals surface area contributed by atoms with E-state index in [-0.39, 0.29) is 0 Å². The fourth-order valence-corrected chi connectivity index (χ4v) is 4.64. The van der Waals surface area contributed by atoms with Crippen LogP contribution in [0.1, 0.15) is 38.4 Å². The Kier molecular flexibility index (Phi) is 3.14. The van der Waals surface area contributed by atoms with Crippen LogP contribution in [-0.2, 0) is 6.42 Å². The fourth-order valence-electron chi connectivity index (χ4n) is 3.86. The van der Waals surface area contributed by atoms with Gasteiger partial charge in [-0.3, -0.25) is 0 Å². The Labute approximate surface area is 124 Å². The maximum absolute atomic E-state index is 4.85. The third-order valence-corrected chi connectivity index (χ3v) is 5.75. The zero-order valence-corrected chi connectivity index (χ0v) is 12.8. The van der Waals surface area contributed by atoms with E-state index < -0.39 is 0 Å². The van der Waals surface area contributed by atoms with Crippen LogP contribution >= 0.6 is 11.3 Å². The first-order chi connectivity index (χ1) is 9.85. The van der Waals surface area contributed by atoms with Gasteiger partial charge in [-0.15, -0.1) is 11.3 Å².